The monoisotopic (exact) mass is 730 g/mol. The molecule has 52 heavy (non-hydrogen) atoms. The zero-order valence-corrected chi connectivity index (χ0v) is 28.0. The van der Waals surface area contributed by atoms with E-state index in [1.54, 1.807) is 17.0 Å². The molecular formula is C37H33F7N4O4. The molecule has 1 aromatic heterocycles. The third kappa shape index (κ3) is 6.28. The standard InChI is InChI=1S/C37H33F7N4O4/c1-20-10-21(19-49)4-6-27(20)22-5-7-31(51-2)28(13-22)29-15-45-33(47-16-26(38)17-47)46-30(29)18-48-34(50)52-32(35(48)8-3-9-35)23-11-24(36(39,40)41)14-25(12-23)37(42,43)44/h4-7,10-15,26,32,49H,3,8-9,16-19H2,1-2H3/t32-/m1/s1. The molecule has 7 rings (SSSR count). The van der Waals surface area contributed by atoms with Crippen LogP contribution in [0.15, 0.2) is 60.8 Å². The van der Waals surface area contributed by atoms with Crippen molar-refractivity contribution in [2.45, 2.75) is 69.5 Å². The second-order valence-corrected chi connectivity index (χ2v) is 13.4. The fourth-order valence-electron chi connectivity index (χ4n) is 7.28. The number of benzene rings is 3. The Kier molecular flexibility index (Phi) is 8.83. The number of aliphatic hydroxyl groups is 1. The van der Waals surface area contributed by atoms with Crippen molar-refractivity contribution in [3.63, 3.8) is 0 Å². The molecule has 274 valence electrons. The van der Waals surface area contributed by atoms with E-state index in [1.807, 2.05) is 31.2 Å². The Morgan fingerprint density at radius 3 is 2.19 bits per heavy atom. The fourth-order valence-corrected chi connectivity index (χ4v) is 7.28. The fraction of sp³-hybridized carbons (Fsp3) is 0.378. The minimum atomic E-state index is -5.08. The molecule has 8 nitrogen and oxygen atoms in total. The highest BCUT2D eigenvalue weighted by molar-refractivity contribution is 5.80. The van der Waals surface area contributed by atoms with E-state index in [9.17, 15) is 40.6 Å². The van der Waals surface area contributed by atoms with Gasteiger partial charge in [-0.05, 0) is 84.3 Å². The highest BCUT2D eigenvalue weighted by atomic mass is 19.4. The molecule has 0 bridgehead atoms. The van der Waals surface area contributed by atoms with Gasteiger partial charge < -0.3 is 19.5 Å². The number of ether oxygens (including phenoxy) is 2. The second kappa shape index (κ2) is 12.9. The summed E-state index contributed by atoms with van der Waals surface area (Å²) < 4.78 is 108. The number of aliphatic hydroxyl groups excluding tert-OH is 1. The summed E-state index contributed by atoms with van der Waals surface area (Å²) in [6.07, 6.45) is -11.0. The van der Waals surface area contributed by atoms with Crippen molar-refractivity contribution in [2.24, 2.45) is 0 Å². The van der Waals surface area contributed by atoms with Crippen LogP contribution in [0.2, 0.25) is 0 Å². The van der Waals surface area contributed by atoms with Crippen molar-refractivity contribution >= 4 is 12.0 Å². The van der Waals surface area contributed by atoms with Crippen molar-refractivity contribution < 1.29 is 50.1 Å². The SMILES string of the molecule is COc1ccc(-c2ccc(CO)cc2C)cc1-c1cnc(N2CC(F)C2)nc1CN1C(=O)O[C@H](c2cc(C(F)(F)F)cc(C(F)(F)F)c2)C12CCC2. The van der Waals surface area contributed by atoms with Crippen LogP contribution in [-0.4, -0.2) is 58.0 Å². The summed E-state index contributed by atoms with van der Waals surface area (Å²) in [6, 6.07) is 12.3. The van der Waals surface area contributed by atoms with Gasteiger partial charge in [0.05, 0.1) is 55.7 Å². The number of hydrogen-bond acceptors (Lipinski definition) is 7. The van der Waals surface area contributed by atoms with Crippen LogP contribution in [0.25, 0.3) is 22.3 Å². The number of amides is 1. The molecule has 1 N–H and O–H groups in total. The van der Waals surface area contributed by atoms with Gasteiger partial charge in [-0.15, -0.1) is 0 Å². The van der Waals surface area contributed by atoms with Gasteiger partial charge in [0.25, 0.3) is 0 Å². The third-order valence-corrected chi connectivity index (χ3v) is 10.2. The van der Waals surface area contributed by atoms with E-state index in [0.717, 1.165) is 22.3 Å². The van der Waals surface area contributed by atoms with Gasteiger partial charge >= 0.3 is 18.4 Å². The van der Waals surface area contributed by atoms with Gasteiger partial charge in [-0.25, -0.2) is 19.2 Å². The predicted molar refractivity (Wildman–Crippen MR) is 175 cm³/mol. The van der Waals surface area contributed by atoms with E-state index in [4.69, 9.17) is 14.5 Å². The molecule has 1 spiro atoms. The van der Waals surface area contributed by atoms with Crippen LogP contribution in [0.3, 0.4) is 0 Å². The van der Waals surface area contributed by atoms with Crippen molar-refractivity contribution in [2.75, 3.05) is 25.1 Å². The highest BCUT2D eigenvalue weighted by Crippen LogP contribution is 2.55. The Morgan fingerprint density at radius 2 is 1.63 bits per heavy atom. The first-order chi connectivity index (χ1) is 24.6. The molecule has 3 heterocycles. The lowest BCUT2D eigenvalue weighted by atomic mass is 9.70. The zero-order chi connectivity index (χ0) is 37.2. The molecule has 3 fully saturated rings. The summed E-state index contributed by atoms with van der Waals surface area (Å²) in [4.78, 5) is 25.9. The molecule has 3 aromatic carbocycles. The number of aryl methyl sites for hydroxylation is 1. The number of methoxy groups -OCH3 is 1. The Labute approximate surface area is 293 Å². The van der Waals surface area contributed by atoms with Gasteiger partial charge in [0.2, 0.25) is 5.95 Å². The van der Waals surface area contributed by atoms with Crippen LogP contribution in [0.1, 0.15) is 58.9 Å². The summed E-state index contributed by atoms with van der Waals surface area (Å²) in [5.41, 5.74) is -0.108. The maximum Gasteiger partial charge on any atom is 0.416 e. The Bertz CT molecular complexity index is 1990. The van der Waals surface area contributed by atoms with Crippen LogP contribution in [0.4, 0.5) is 41.5 Å². The van der Waals surface area contributed by atoms with E-state index < -0.39 is 53.0 Å². The number of hydrogen-bond donors (Lipinski definition) is 1. The number of aromatic nitrogens is 2. The Balaban J connectivity index is 1.32. The van der Waals surface area contributed by atoms with E-state index in [0.29, 0.717) is 41.1 Å². The maximum atomic E-state index is 13.9. The maximum absolute atomic E-state index is 13.9. The number of rotatable bonds is 8. The lowest BCUT2D eigenvalue weighted by Crippen LogP contribution is -2.53. The number of alkyl halides is 7. The first-order valence-corrected chi connectivity index (χ1v) is 16.5. The van der Waals surface area contributed by atoms with Crippen molar-refractivity contribution in [1.82, 2.24) is 14.9 Å². The van der Waals surface area contributed by atoms with Gasteiger partial charge in [0.1, 0.15) is 11.9 Å². The molecule has 1 atom stereocenters. The van der Waals surface area contributed by atoms with Crippen LogP contribution in [0, 0.1) is 6.92 Å². The van der Waals surface area contributed by atoms with E-state index in [-0.39, 0.29) is 51.1 Å². The molecule has 15 heteroatoms. The van der Waals surface area contributed by atoms with E-state index in [1.165, 1.54) is 18.2 Å². The van der Waals surface area contributed by atoms with Crippen LogP contribution < -0.4 is 9.64 Å². The normalized spacial score (nSPS) is 18.7. The molecule has 2 saturated heterocycles. The van der Waals surface area contributed by atoms with Crippen molar-refractivity contribution in [3.05, 3.63) is 94.3 Å². The first-order valence-electron chi connectivity index (χ1n) is 16.5. The molecule has 2 aliphatic heterocycles. The Morgan fingerprint density at radius 1 is 0.942 bits per heavy atom. The molecule has 1 aliphatic carbocycles. The predicted octanol–water partition coefficient (Wildman–Crippen LogP) is 8.43. The number of cyclic esters (lactones) is 1. The number of carbonyl (C=O) groups is 1. The molecule has 1 saturated carbocycles. The molecule has 0 radical (unpaired) electrons. The van der Waals surface area contributed by atoms with E-state index in [2.05, 4.69) is 4.98 Å². The number of anilines is 1. The zero-order valence-electron chi connectivity index (χ0n) is 28.0. The average Bonchev–Trinajstić information content (AvgIpc) is 3.37. The van der Waals surface area contributed by atoms with Gasteiger partial charge in [-0.2, -0.15) is 26.3 Å². The first kappa shape index (κ1) is 35.5. The smallest absolute Gasteiger partial charge is 0.416 e. The lowest BCUT2D eigenvalue weighted by molar-refractivity contribution is -0.143. The average molecular weight is 731 g/mol. The molecule has 4 aromatic rings. The minimum absolute atomic E-state index is 0.0436. The van der Waals surface area contributed by atoms with Gasteiger partial charge in [-0.3, -0.25) is 4.90 Å². The summed E-state index contributed by atoms with van der Waals surface area (Å²) >= 11 is 0. The molecule has 3 aliphatic rings. The number of carbonyl (C=O) groups excluding carboxylic acids is 1. The van der Waals surface area contributed by atoms with Gasteiger partial charge in [-0.1, -0.05) is 24.3 Å². The van der Waals surface area contributed by atoms with Crippen molar-refractivity contribution in [3.8, 4) is 28.0 Å². The molecule has 0 unspecified atom stereocenters. The number of nitrogens with zero attached hydrogens (tertiary/aromatic N) is 4. The summed E-state index contributed by atoms with van der Waals surface area (Å²) in [6.45, 7) is 1.64. The van der Waals surface area contributed by atoms with Crippen LogP contribution in [0.5, 0.6) is 5.75 Å². The van der Waals surface area contributed by atoms with Crippen LogP contribution in [-0.2, 0) is 30.2 Å². The third-order valence-electron chi connectivity index (χ3n) is 10.2. The minimum Gasteiger partial charge on any atom is -0.496 e. The Hall–Kier alpha value is -4.92. The molecular weight excluding hydrogens is 697 g/mol. The summed E-state index contributed by atoms with van der Waals surface area (Å²) in [5, 5.41) is 9.60. The summed E-state index contributed by atoms with van der Waals surface area (Å²) in [5.74, 6) is 0.625. The quantitative estimate of drug-likeness (QED) is 0.182. The highest BCUT2D eigenvalue weighted by Gasteiger charge is 2.59. The van der Waals surface area contributed by atoms with Gasteiger partial charge in [0, 0.05) is 17.3 Å². The van der Waals surface area contributed by atoms with Crippen LogP contribution >= 0.6 is 0 Å². The summed E-state index contributed by atoms with van der Waals surface area (Å²) in [7, 11) is 1.48. The van der Waals surface area contributed by atoms with E-state index >= 15 is 0 Å². The van der Waals surface area contributed by atoms with Crippen molar-refractivity contribution in [1.29, 1.82) is 0 Å². The second-order valence-electron chi connectivity index (χ2n) is 13.4. The van der Waals surface area contributed by atoms with Gasteiger partial charge in [0.15, 0.2) is 6.10 Å². The largest absolute Gasteiger partial charge is 0.496 e. The number of halogens is 7. The topological polar surface area (TPSA) is 88.0 Å². The lowest BCUT2D eigenvalue weighted by Gasteiger charge is -2.46. The molecule has 1 amide bonds.